The number of amides is 1. The summed E-state index contributed by atoms with van der Waals surface area (Å²) in [7, 11) is 0. The van der Waals surface area contributed by atoms with Crippen molar-refractivity contribution < 1.29 is 31.1 Å². The average Bonchev–Trinajstić information content (AvgIpc) is 2.65. The highest BCUT2D eigenvalue weighted by Gasteiger charge is 2.31. The third-order valence-electron chi connectivity index (χ3n) is 4.39. The minimum absolute atomic E-state index is 0.165. The van der Waals surface area contributed by atoms with E-state index in [-0.39, 0.29) is 13.1 Å². The van der Waals surface area contributed by atoms with Gasteiger partial charge in [-0.2, -0.15) is 13.2 Å². The molecule has 27 heavy (non-hydrogen) atoms. The van der Waals surface area contributed by atoms with Gasteiger partial charge in [0.2, 0.25) is 0 Å². The molecular weight excluding hydrogens is 374 g/mol. The lowest BCUT2D eigenvalue weighted by atomic mass is 10.1. The van der Waals surface area contributed by atoms with Crippen molar-refractivity contribution in [2.75, 3.05) is 31.1 Å². The van der Waals surface area contributed by atoms with Crippen LogP contribution in [0.2, 0.25) is 0 Å². The number of anilines is 1. The van der Waals surface area contributed by atoms with Crippen LogP contribution in [0.4, 0.5) is 32.0 Å². The zero-order chi connectivity index (χ0) is 19.8. The van der Waals surface area contributed by atoms with Gasteiger partial charge in [0, 0.05) is 31.9 Å². The Morgan fingerprint density at radius 1 is 0.815 bits per heavy atom. The van der Waals surface area contributed by atoms with Gasteiger partial charge in [-0.15, -0.1) is 0 Å². The third kappa shape index (κ3) is 3.86. The molecule has 2 aromatic rings. The molecule has 1 aliphatic heterocycles. The third-order valence-corrected chi connectivity index (χ3v) is 4.39. The maximum atomic E-state index is 13.8. The summed E-state index contributed by atoms with van der Waals surface area (Å²) >= 11 is 0. The van der Waals surface area contributed by atoms with Gasteiger partial charge in [-0.05, 0) is 36.4 Å². The minimum Gasteiger partial charge on any atom is -0.368 e. The van der Waals surface area contributed by atoms with E-state index in [0.29, 0.717) is 24.8 Å². The standard InChI is InChI=1S/C18H14F6N2O/c19-14-6-5-13(15(20)16(14)21)17(27)26-9-7-25(8-10-26)12-3-1-11(2-4-12)18(22,23)24/h1-6H,7-10H2. The molecule has 0 spiro atoms. The zero-order valence-electron chi connectivity index (χ0n) is 13.9. The lowest BCUT2D eigenvalue weighted by Crippen LogP contribution is -2.49. The normalized spacial score (nSPS) is 15.2. The topological polar surface area (TPSA) is 23.6 Å². The Bertz CT molecular complexity index is 842. The minimum atomic E-state index is -4.42. The fourth-order valence-corrected chi connectivity index (χ4v) is 2.89. The first-order chi connectivity index (χ1) is 12.7. The van der Waals surface area contributed by atoms with Crippen LogP contribution in [-0.2, 0) is 6.18 Å². The first-order valence-corrected chi connectivity index (χ1v) is 8.03. The highest BCUT2D eigenvalue weighted by atomic mass is 19.4. The predicted molar refractivity (Wildman–Crippen MR) is 85.9 cm³/mol. The van der Waals surface area contributed by atoms with E-state index in [2.05, 4.69) is 0 Å². The first-order valence-electron chi connectivity index (χ1n) is 8.03. The lowest BCUT2D eigenvalue weighted by Gasteiger charge is -2.36. The van der Waals surface area contributed by atoms with Crippen molar-refractivity contribution in [1.82, 2.24) is 4.90 Å². The molecule has 0 aliphatic carbocycles. The number of piperazine rings is 1. The Morgan fingerprint density at radius 2 is 1.41 bits per heavy atom. The molecule has 1 aliphatic rings. The molecule has 0 radical (unpaired) electrons. The Labute approximate surface area is 150 Å². The van der Waals surface area contributed by atoms with E-state index in [4.69, 9.17) is 0 Å². The SMILES string of the molecule is O=C(c1ccc(F)c(F)c1F)N1CCN(c2ccc(C(F)(F)F)cc2)CC1. The molecule has 3 rings (SSSR count). The smallest absolute Gasteiger partial charge is 0.368 e. The van der Waals surface area contributed by atoms with E-state index in [0.717, 1.165) is 18.2 Å². The van der Waals surface area contributed by atoms with Crippen molar-refractivity contribution in [3.8, 4) is 0 Å². The summed E-state index contributed by atoms with van der Waals surface area (Å²) in [4.78, 5) is 15.4. The van der Waals surface area contributed by atoms with Crippen LogP contribution in [-0.4, -0.2) is 37.0 Å². The Balaban J connectivity index is 1.67. The van der Waals surface area contributed by atoms with Crippen molar-refractivity contribution in [3.63, 3.8) is 0 Å². The summed E-state index contributed by atoms with van der Waals surface area (Å²) in [6.07, 6.45) is -4.42. The molecule has 3 nitrogen and oxygen atoms in total. The van der Waals surface area contributed by atoms with Crippen LogP contribution in [0, 0.1) is 17.5 Å². The quantitative estimate of drug-likeness (QED) is 0.572. The number of benzene rings is 2. The Hall–Kier alpha value is -2.71. The largest absolute Gasteiger partial charge is 0.416 e. The molecule has 0 unspecified atom stereocenters. The van der Waals surface area contributed by atoms with Gasteiger partial charge in [0.05, 0.1) is 11.1 Å². The number of carbonyl (C=O) groups is 1. The number of hydrogen-bond donors (Lipinski definition) is 0. The van der Waals surface area contributed by atoms with Crippen LogP contribution in [0.5, 0.6) is 0 Å². The molecule has 0 bridgehead atoms. The number of hydrogen-bond acceptors (Lipinski definition) is 2. The molecule has 0 N–H and O–H groups in total. The first kappa shape index (κ1) is 19.1. The second-order valence-electron chi connectivity index (χ2n) is 6.05. The fraction of sp³-hybridized carbons (Fsp3) is 0.278. The van der Waals surface area contributed by atoms with Crippen molar-refractivity contribution in [2.24, 2.45) is 0 Å². The van der Waals surface area contributed by atoms with Crippen LogP contribution < -0.4 is 4.90 Å². The number of nitrogens with zero attached hydrogens (tertiary/aromatic N) is 2. The van der Waals surface area contributed by atoms with Gasteiger partial charge >= 0.3 is 6.18 Å². The van der Waals surface area contributed by atoms with Crippen LogP contribution >= 0.6 is 0 Å². The average molecular weight is 388 g/mol. The fourth-order valence-electron chi connectivity index (χ4n) is 2.89. The molecule has 0 aromatic heterocycles. The molecule has 0 saturated carbocycles. The van der Waals surface area contributed by atoms with Crippen LogP contribution in [0.1, 0.15) is 15.9 Å². The summed E-state index contributed by atoms with van der Waals surface area (Å²) in [6, 6.07) is 6.21. The maximum Gasteiger partial charge on any atom is 0.416 e. The van der Waals surface area contributed by atoms with Crippen molar-refractivity contribution in [1.29, 1.82) is 0 Å². The zero-order valence-corrected chi connectivity index (χ0v) is 13.9. The van der Waals surface area contributed by atoms with Gasteiger partial charge in [0.25, 0.3) is 5.91 Å². The summed E-state index contributed by atoms with van der Waals surface area (Å²) in [5.41, 5.74) is -0.750. The van der Waals surface area contributed by atoms with Crippen LogP contribution in [0.3, 0.4) is 0 Å². The van der Waals surface area contributed by atoms with Crippen molar-refractivity contribution in [2.45, 2.75) is 6.18 Å². The maximum absolute atomic E-state index is 13.8. The summed E-state index contributed by atoms with van der Waals surface area (Å²) in [6.45, 7) is 0.946. The highest BCUT2D eigenvalue weighted by Crippen LogP contribution is 2.30. The van der Waals surface area contributed by atoms with Crippen LogP contribution in [0.15, 0.2) is 36.4 Å². The Morgan fingerprint density at radius 3 is 1.96 bits per heavy atom. The number of carbonyl (C=O) groups excluding carboxylic acids is 1. The molecule has 144 valence electrons. The van der Waals surface area contributed by atoms with Gasteiger partial charge in [0.15, 0.2) is 17.5 Å². The van der Waals surface area contributed by atoms with E-state index in [1.807, 2.05) is 0 Å². The van der Waals surface area contributed by atoms with Crippen molar-refractivity contribution in [3.05, 3.63) is 65.0 Å². The molecule has 0 atom stereocenters. The summed E-state index contributed by atoms with van der Waals surface area (Å²) in [5, 5.41) is 0. The van der Waals surface area contributed by atoms with Gasteiger partial charge < -0.3 is 9.80 Å². The monoisotopic (exact) mass is 388 g/mol. The molecule has 2 aromatic carbocycles. The molecule has 1 fully saturated rings. The van der Waals surface area contributed by atoms with E-state index >= 15 is 0 Å². The molecular formula is C18H14F6N2O. The van der Waals surface area contributed by atoms with Crippen molar-refractivity contribution >= 4 is 11.6 Å². The number of halogens is 6. The second-order valence-corrected chi connectivity index (χ2v) is 6.05. The lowest BCUT2D eigenvalue weighted by molar-refractivity contribution is -0.137. The van der Waals surface area contributed by atoms with Crippen LogP contribution in [0.25, 0.3) is 0 Å². The molecule has 1 saturated heterocycles. The van der Waals surface area contributed by atoms with Gasteiger partial charge in [-0.3, -0.25) is 4.79 Å². The summed E-state index contributed by atoms with van der Waals surface area (Å²) < 4.78 is 77.9. The molecule has 1 amide bonds. The van der Waals surface area contributed by atoms with Gasteiger partial charge in [-0.25, -0.2) is 13.2 Å². The van der Waals surface area contributed by atoms with Gasteiger partial charge in [0.1, 0.15) is 0 Å². The van der Waals surface area contributed by atoms with E-state index < -0.39 is 40.7 Å². The number of rotatable bonds is 2. The van der Waals surface area contributed by atoms with E-state index in [1.54, 1.807) is 4.90 Å². The second kappa shape index (κ2) is 7.13. The molecule has 1 heterocycles. The van der Waals surface area contributed by atoms with E-state index in [9.17, 15) is 31.1 Å². The van der Waals surface area contributed by atoms with Gasteiger partial charge in [-0.1, -0.05) is 0 Å². The summed E-state index contributed by atoms with van der Waals surface area (Å²) in [5.74, 6) is -5.39. The Kier molecular flexibility index (Phi) is 5.03. The number of alkyl halides is 3. The molecule has 9 heteroatoms. The highest BCUT2D eigenvalue weighted by molar-refractivity contribution is 5.94. The van der Waals surface area contributed by atoms with E-state index in [1.165, 1.54) is 17.0 Å². The predicted octanol–water partition coefficient (Wildman–Crippen LogP) is 4.09.